The van der Waals surface area contributed by atoms with E-state index in [1.807, 2.05) is 0 Å². The van der Waals surface area contributed by atoms with Gasteiger partial charge in [0, 0.05) is 26.2 Å². The summed E-state index contributed by atoms with van der Waals surface area (Å²) in [4.78, 5) is 2.55. The van der Waals surface area contributed by atoms with Crippen molar-refractivity contribution in [2.24, 2.45) is 17.8 Å². The Labute approximate surface area is 122 Å². The molecule has 1 aliphatic heterocycles. The number of benzene rings is 1. The Morgan fingerprint density at radius 1 is 1.15 bits per heavy atom. The number of rotatable bonds is 4. The Kier molecular flexibility index (Phi) is 3.31. The minimum Gasteiger partial charge on any atom is -0.309 e. The SMILES string of the molecule is CN(Cc1ccc2c(c1)CNC2)CC1CC2CCC1C2. The van der Waals surface area contributed by atoms with Crippen molar-refractivity contribution in [1.82, 2.24) is 10.2 Å². The molecule has 3 unspecified atom stereocenters. The van der Waals surface area contributed by atoms with Crippen molar-refractivity contribution in [2.75, 3.05) is 13.6 Å². The van der Waals surface area contributed by atoms with Crippen LogP contribution in [0.15, 0.2) is 18.2 Å². The third-order valence-electron chi connectivity index (χ3n) is 5.78. The molecule has 1 heterocycles. The molecule has 3 aliphatic rings. The van der Waals surface area contributed by atoms with Gasteiger partial charge in [-0.25, -0.2) is 0 Å². The highest BCUT2D eigenvalue weighted by atomic mass is 15.1. The number of hydrogen-bond donors (Lipinski definition) is 1. The third kappa shape index (κ3) is 2.40. The number of fused-ring (bicyclic) bond motifs is 3. The van der Waals surface area contributed by atoms with Crippen molar-refractivity contribution in [1.29, 1.82) is 0 Å². The van der Waals surface area contributed by atoms with Crippen LogP contribution in [0, 0.1) is 17.8 Å². The van der Waals surface area contributed by atoms with Crippen LogP contribution >= 0.6 is 0 Å². The fourth-order valence-electron chi connectivity index (χ4n) is 4.82. The van der Waals surface area contributed by atoms with Gasteiger partial charge in [0.05, 0.1) is 0 Å². The second-order valence-corrected chi connectivity index (χ2v) is 7.34. The fourth-order valence-corrected chi connectivity index (χ4v) is 4.82. The molecule has 0 aromatic heterocycles. The van der Waals surface area contributed by atoms with E-state index >= 15 is 0 Å². The molecule has 2 heteroatoms. The summed E-state index contributed by atoms with van der Waals surface area (Å²) in [5.41, 5.74) is 4.48. The van der Waals surface area contributed by atoms with Gasteiger partial charge in [0.15, 0.2) is 0 Å². The number of nitrogens with one attached hydrogen (secondary N) is 1. The Morgan fingerprint density at radius 2 is 2.05 bits per heavy atom. The predicted octanol–water partition coefficient (Wildman–Crippen LogP) is 3.16. The molecule has 2 bridgehead atoms. The summed E-state index contributed by atoms with van der Waals surface area (Å²) >= 11 is 0. The van der Waals surface area contributed by atoms with Crippen molar-refractivity contribution in [3.63, 3.8) is 0 Å². The van der Waals surface area contributed by atoms with E-state index in [4.69, 9.17) is 0 Å². The first-order chi connectivity index (χ1) is 9.78. The maximum absolute atomic E-state index is 3.43. The first kappa shape index (κ1) is 12.8. The monoisotopic (exact) mass is 270 g/mol. The lowest BCUT2D eigenvalue weighted by Crippen LogP contribution is -2.28. The highest BCUT2D eigenvalue weighted by Gasteiger charge is 2.39. The van der Waals surface area contributed by atoms with Gasteiger partial charge in [-0.05, 0) is 60.8 Å². The van der Waals surface area contributed by atoms with Gasteiger partial charge in [-0.2, -0.15) is 0 Å². The minimum atomic E-state index is 0.981. The normalized spacial score (nSPS) is 31.2. The summed E-state index contributed by atoms with van der Waals surface area (Å²) in [5, 5.41) is 3.43. The van der Waals surface area contributed by atoms with Crippen molar-refractivity contribution < 1.29 is 0 Å². The number of hydrogen-bond acceptors (Lipinski definition) is 2. The lowest BCUT2D eigenvalue weighted by atomic mass is 9.88. The van der Waals surface area contributed by atoms with Crippen LogP contribution < -0.4 is 5.32 Å². The molecule has 108 valence electrons. The molecule has 1 aromatic rings. The largest absolute Gasteiger partial charge is 0.309 e. The van der Waals surface area contributed by atoms with Crippen LogP contribution in [0.2, 0.25) is 0 Å². The zero-order valence-corrected chi connectivity index (χ0v) is 12.6. The van der Waals surface area contributed by atoms with Crippen LogP contribution in [-0.2, 0) is 19.6 Å². The van der Waals surface area contributed by atoms with E-state index in [0.717, 1.165) is 37.4 Å². The summed E-state index contributed by atoms with van der Waals surface area (Å²) in [7, 11) is 2.30. The summed E-state index contributed by atoms with van der Waals surface area (Å²) < 4.78 is 0. The molecule has 0 radical (unpaired) electrons. The van der Waals surface area contributed by atoms with Crippen molar-refractivity contribution in [3.05, 3.63) is 34.9 Å². The van der Waals surface area contributed by atoms with Crippen LogP contribution in [-0.4, -0.2) is 18.5 Å². The van der Waals surface area contributed by atoms with Crippen molar-refractivity contribution in [3.8, 4) is 0 Å². The van der Waals surface area contributed by atoms with Crippen LogP contribution in [0.1, 0.15) is 42.4 Å². The molecule has 0 amide bonds. The predicted molar refractivity (Wildman–Crippen MR) is 82.3 cm³/mol. The van der Waals surface area contributed by atoms with Gasteiger partial charge >= 0.3 is 0 Å². The second-order valence-electron chi connectivity index (χ2n) is 7.34. The Bertz CT molecular complexity index is 496. The fraction of sp³-hybridized carbons (Fsp3) is 0.667. The third-order valence-corrected chi connectivity index (χ3v) is 5.78. The summed E-state index contributed by atoms with van der Waals surface area (Å²) in [6, 6.07) is 7.05. The zero-order chi connectivity index (χ0) is 13.5. The van der Waals surface area contributed by atoms with E-state index < -0.39 is 0 Å². The van der Waals surface area contributed by atoms with Gasteiger partial charge in [0.1, 0.15) is 0 Å². The minimum absolute atomic E-state index is 0.981. The second kappa shape index (κ2) is 5.16. The molecule has 1 aromatic carbocycles. The van der Waals surface area contributed by atoms with Crippen molar-refractivity contribution in [2.45, 2.75) is 45.3 Å². The van der Waals surface area contributed by atoms with E-state index in [9.17, 15) is 0 Å². The smallest absolute Gasteiger partial charge is 0.0230 e. The van der Waals surface area contributed by atoms with Crippen LogP contribution in [0.4, 0.5) is 0 Å². The molecule has 1 N–H and O–H groups in total. The first-order valence-electron chi connectivity index (χ1n) is 8.28. The summed E-state index contributed by atoms with van der Waals surface area (Å²) in [5.74, 6) is 3.10. The van der Waals surface area contributed by atoms with E-state index in [-0.39, 0.29) is 0 Å². The Hall–Kier alpha value is -0.860. The molecule has 3 atom stereocenters. The molecule has 0 saturated heterocycles. The van der Waals surface area contributed by atoms with E-state index in [0.29, 0.717) is 0 Å². The average molecular weight is 270 g/mol. The lowest BCUT2D eigenvalue weighted by molar-refractivity contribution is 0.214. The van der Waals surface area contributed by atoms with E-state index in [1.165, 1.54) is 48.9 Å². The number of nitrogens with zero attached hydrogens (tertiary/aromatic N) is 1. The van der Waals surface area contributed by atoms with Gasteiger partial charge in [-0.1, -0.05) is 24.6 Å². The average Bonchev–Trinajstić information content (AvgIpc) is 3.13. The van der Waals surface area contributed by atoms with Gasteiger partial charge in [0.25, 0.3) is 0 Å². The van der Waals surface area contributed by atoms with Crippen LogP contribution in [0.3, 0.4) is 0 Å². The topological polar surface area (TPSA) is 15.3 Å². The molecule has 20 heavy (non-hydrogen) atoms. The zero-order valence-electron chi connectivity index (χ0n) is 12.6. The van der Waals surface area contributed by atoms with E-state index in [1.54, 1.807) is 0 Å². The van der Waals surface area contributed by atoms with Gasteiger partial charge in [-0.3, -0.25) is 0 Å². The summed E-state index contributed by atoms with van der Waals surface area (Å²) in [6.45, 7) is 4.52. The van der Waals surface area contributed by atoms with Crippen LogP contribution in [0.25, 0.3) is 0 Å². The van der Waals surface area contributed by atoms with Gasteiger partial charge in [0.2, 0.25) is 0 Å². The highest BCUT2D eigenvalue weighted by Crippen LogP contribution is 2.48. The molecule has 2 fully saturated rings. The molecular formula is C18H26N2. The van der Waals surface area contributed by atoms with Gasteiger partial charge < -0.3 is 10.2 Å². The molecule has 2 saturated carbocycles. The molecular weight excluding hydrogens is 244 g/mol. The quantitative estimate of drug-likeness (QED) is 0.904. The molecule has 2 aliphatic carbocycles. The maximum Gasteiger partial charge on any atom is 0.0230 e. The van der Waals surface area contributed by atoms with Crippen LogP contribution in [0.5, 0.6) is 0 Å². The Balaban J connectivity index is 1.36. The van der Waals surface area contributed by atoms with Gasteiger partial charge in [-0.15, -0.1) is 0 Å². The summed E-state index contributed by atoms with van der Waals surface area (Å²) in [6.07, 6.45) is 6.06. The highest BCUT2D eigenvalue weighted by molar-refractivity contribution is 5.34. The van der Waals surface area contributed by atoms with E-state index in [2.05, 4.69) is 35.5 Å². The first-order valence-corrected chi connectivity index (χ1v) is 8.28. The molecule has 2 nitrogen and oxygen atoms in total. The standard InChI is InChI=1S/C18H26N2/c1-20(12-18-7-13-2-4-15(18)6-13)11-14-3-5-16-9-19-10-17(16)8-14/h3,5,8,13,15,18-19H,2,4,6-7,9-12H2,1H3. The maximum atomic E-state index is 3.43. The molecule has 4 rings (SSSR count). The Morgan fingerprint density at radius 3 is 2.85 bits per heavy atom. The molecule has 0 spiro atoms. The lowest BCUT2D eigenvalue weighted by Gasteiger charge is -2.27. The van der Waals surface area contributed by atoms with Crippen molar-refractivity contribution >= 4 is 0 Å².